The van der Waals surface area contributed by atoms with E-state index in [0.29, 0.717) is 25.1 Å². The summed E-state index contributed by atoms with van der Waals surface area (Å²) in [6.07, 6.45) is 3.40. The Hall–Kier alpha value is -2.71. The molecular formula is C22H26N4O3S. The number of nitrogens with zero attached hydrogens (tertiary/aromatic N) is 2. The number of imidazole rings is 1. The van der Waals surface area contributed by atoms with Gasteiger partial charge in [-0.2, -0.15) is 4.31 Å². The maximum Gasteiger partial charge on any atom is 0.251 e. The third-order valence-electron chi connectivity index (χ3n) is 5.55. The zero-order valence-electron chi connectivity index (χ0n) is 17.0. The average Bonchev–Trinajstić information content (AvgIpc) is 3.17. The Bertz CT molecular complexity index is 1110. The SMILES string of the molecule is CC1CCCCN1S(=O)(=O)c1ccc(C(=O)NCCc2nc3ccccc3[nH]2)cc1. The molecule has 0 bridgehead atoms. The minimum Gasteiger partial charge on any atom is -0.352 e. The third kappa shape index (κ3) is 4.24. The van der Waals surface area contributed by atoms with Crippen LogP contribution in [0.15, 0.2) is 53.4 Å². The number of aromatic nitrogens is 2. The first-order chi connectivity index (χ1) is 14.4. The highest BCUT2D eigenvalue weighted by Gasteiger charge is 2.30. The molecular weight excluding hydrogens is 400 g/mol. The highest BCUT2D eigenvalue weighted by atomic mass is 32.2. The van der Waals surface area contributed by atoms with E-state index in [1.165, 1.54) is 12.1 Å². The second kappa shape index (κ2) is 8.57. The number of nitrogens with one attached hydrogen (secondary N) is 2. The van der Waals surface area contributed by atoms with Gasteiger partial charge in [0.15, 0.2) is 0 Å². The molecule has 1 aromatic heterocycles. The van der Waals surface area contributed by atoms with Crippen LogP contribution in [0.25, 0.3) is 11.0 Å². The number of benzene rings is 2. The van der Waals surface area contributed by atoms with Crippen LogP contribution < -0.4 is 5.32 Å². The number of rotatable bonds is 6. The number of fused-ring (bicyclic) bond motifs is 1. The molecule has 1 aliphatic heterocycles. The lowest BCUT2D eigenvalue weighted by atomic mass is 10.1. The summed E-state index contributed by atoms with van der Waals surface area (Å²) in [4.78, 5) is 20.4. The lowest BCUT2D eigenvalue weighted by Crippen LogP contribution is -2.41. The van der Waals surface area contributed by atoms with Gasteiger partial charge >= 0.3 is 0 Å². The van der Waals surface area contributed by atoms with E-state index >= 15 is 0 Å². The van der Waals surface area contributed by atoms with Gasteiger partial charge in [0.05, 0.1) is 15.9 Å². The largest absolute Gasteiger partial charge is 0.352 e. The van der Waals surface area contributed by atoms with Gasteiger partial charge < -0.3 is 10.3 Å². The summed E-state index contributed by atoms with van der Waals surface area (Å²) < 4.78 is 27.4. The summed E-state index contributed by atoms with van der Waals surface area (Å²) >= 11 is 0. The van der Waals surface area contributed by atoms with E-state index < -0.39 is 10.0 Å². The van der Waals surface area contributed by atoms with Crippen molar-refractivity contribution >= 4 is 27.0 Å². The van der Waals surface area contributed by atoms with Crippen molar-refractivity contribution in [2.75, 3.05) is 13.1 Å². The molecule has 7 nitrogen and oxygen atoms in total. The second-order valence-electron chi connectivity index (χ2n) is 7.69. The number of aromatic amines is 1. The highest BCUT2D eigenvalue weighted by Crippen LogP contribution is 2.25. The number of carbonyl (C=O) groups is 1. The van der Waals surface area contributed by atoms with Crippen molar-refractivity contribution in [1.82, 2.24) is 19.6 Å². The Morgan fingerprint density at radius 1 is 1.17 bits per heavy atom. The molecule has 1 amide bonds. The fourth-order valence-electron chi connectivity index (χ4n) is 3.86. The fourth-order valence-corrected chi connectivity index (χ4v) is 5.56. The monoisotopic (exact) mass is 426 g/mol. The van der Waals surface area contributed by atoms with Gasteiger partial charge in [-0.05, 0) is 56.2 Å². The van der Waals surface area contributed by atoms with Crippen LogP contribution in [0, 0.1) is 0 Å². The molecule has 30 heavy (non-hydrogen) atoms. The van der Waals surface area contributed by atoms with Crippen molar-refractivity contribution in [2.24, 2.45) is 0 Å². The van der Waals surface area contributed by atoms with Gasteiger partial charge in [-0.3, -0.25) is 4.79 Å². The lowest BCUT2D eigenvalue weighted by Gasteiger charge is -2.32. The van der Waals surface area contributed by atoms with Crippen LogP contribution in [0.2, 0.25) is 0 Å². The molecule has 0 saturated carbocycles. The maximum atomic E-state index is 12.9. The molecule has 8 heteroatoms. The third-order valence-corrected chi connectivity index (χ3v) is 7.58. The maximum absolute atomic E-state index is 12.9. The second-order valence-corrected chi connectivity index (χ2v) is 9.58. The smallest absolute Gasteiger partial charge is 0.251 e. The Morgan fingerprint density at radius 3 is 2.67 bits per heavy atom. The number of sulfonamides is 1. The van der Waals surface area contributed by atoms with E-state index in [1.807, 2.05) is 31.2 Å². The molecule has 2 heterocycles. The van der Waals surface area contributed by atoms with Gasteiger partial charge in [0.25, 0.3) is 5.91 Å². The number of piperidine rings is 1. The standard InChI is InChI=1S/C22H26N4O3S/c1-16-6-4-5-15-26(16)30(28,29)18-11-9-17(10-12-18)22(27)23-14-13-21-24-19-7-2-3-8-20(19)25-21/h2-3,7-12,16H,4-6,13-15H2,1H3,(H,23,27)(H,24,25). The van der Waals surface area contributed by atoms with E-state index in [4.69, 9.17) is 0 Å². The zero-order valence-corrected chi connectivity index (χ0v) is 17.8. The molecule has 0 spiro atoms. The normalized spacial score (nSPS) is 17.8. The first kappa shape index (κ1) is 20.6. The summed E-state index contributed by atoms with van der Waals surface area (Å²) in [7, 11) is -3.53. The topological polar surface area (TPSA) is 95.2 Å². The van der Waals surface area contributed by atoms with Crippen LogP contribution in [0.1, 0.15) is 42.4 Å². The van der Waals surface area contributed by atoms with E-state index in [0.717, 1.165) is 36.1 Å². The molecule has 158 valence electrons. The first-order valence-electron chi connectivity index (χ1n) is 10.3. The minimum atomic E-state index is -3.53. The van der Waals surface area contributed by atoms with Crippen LogP contribution in [0.5, 0.6) is 0 Å². The molecule has 4 rings (SSSR count). The Kier molecular flexibility index (Phi) is 5.87. The number of H-pyrrole nitrogens is 1. The van der Waals surface area contributed by atoms with Crippen LogP contribution >= 0.6 is 0 Å². The number of hydrogen-bond donors (Lipinski definition) is 2. The van der Waals surface area contributed by atoms with Crippen molar-refractivity contribution in [2.45, 2.75) is 43.5 Å². The quantitative estimate of drug-likeness (QED) is 0.633. The van der Waals surface area contributed by atoms with Crippen molar-refractivity contribution in [3.8, 4) is 0 Å². The van der Waals surface area contributed by atoms with Crippen LogP contribution in [-0.2, 0) is 16.4 Å². The van der Waals surface area contributed by atoms with Crippen molar-refractivity contribution in [3.05, 3.63) is 59.9 Å². The molecule has 1 unspecified atom stereocenters. The Morgan fingerprint density at radius 2 is 1.93 bits per heavy atom. The Balaban J connectivity index is 1.36. The summed E-state index contributed by atoms with van der Waals surface area (Å²) in [5, 5.41) is 2.86. The van der Waals surface area contributed by atoms with E-state index in [2.05, 4.69) is 15.3 Å². The predicted octanol–water partition coefficient (Wildman–Crippen LogP) is 3.10. The predicted molar refractivity (Wildman–Crippen MR) is 116 cm³/mol. The molecule has 1 saturated heterocycles. The highest BCUT2D eigenvalue weighted by molar-refractivity contribution is 7.89. The number of amides is 1. The van der Waals surface area contributed by atoms with Crippen molar-refractivity contribution in [3.63, 3.8) is 0 Å². The van der Waals surface area contributed by atoms with Gasteiger partial charge in [-0.1, -0.05) is 18.6 Å². The summed E-state index contributed by atoms with van der Waals surface area (Å²) in [5.74, 6) is 0.579. The number of para-hydroxylation sites is 2. The van der Waals surface area contributed by atoms with E-state index in [1.54, 1.807) is 16.4 Å². The molecule has 1 atom stereocenters. The molecule has 1 fully saturated rings. The van der Waals surface area contributed by atoms with Crippen molar-refractivity contribution in [1.29, 1.82) is 0 Å². The van der Waals surface area contributed by atoms with E-state index in [-0.39, 0.29) is 16.8 Å². The molecule has 3 aromatic rings. The molecule has 2 N–H and O–H groups in total. The van der Waals surface area contributed by atoms with Gasteiger partial charge in [0.1, 0.15) is 5.82 Å². The van der Waals surface area contributed by atoms with Crippen LogP contribution in [0.3, 0.4) is 0 Å². The lowest BCUT2D eigenvalue weighted by molar-refractivity contribution is 0.0954. The molecule has 2 aromatic carbocycles. The van der Waals surface area contributed by atoms with Crippen molar-refractivity contribution < 1.29 is 13.2 Å². The molecule has 0 radical (unpaired) electrons. The van der Waals surface area contributed by atoms with E-state index in [9.17, 15) is 13.2 Å². The Labute approximate surface area is 176 Å². The fraction of sp³-hybridized carbons (Fsp3) is 0.364. The summed E-state index contributed by atoms with van der Waals surface area (Å²) in [6.45, 7) is 2.93. The number of carbonyl (C=O) groups excluding carboxylic acids is 1. The first-order valence-corrected chi connectivity index (χ1v) is 11.7. The zero-order chi connectivity index (χ0) is 21.1. The van der Waals surface area contributed by atoms with Gasteiger partial charge in [0, 0.05) is 31.1 Å². The summed E-state index contributed by atoms with van der Waals surface area (Å²) in [5.41, 5.74) is 2.31. The van der Waals surface area contributed by atoms with Crippen LogP contribution in [0.4, 0.5) is 0 Å². The molecule has 0 aliphatic carbocycles. The van der Waals surface area contributed by atoms with Crippen LogP contribution in [-0.4, -0.2) is 47.7 Å². The minimum absolute atomic E-state index is 0.00461. The van der Waals surface area contributed by atoms with Gasteiger partial charge in [-0.25, -0.2) is 13.4 Å². The summed E-state index contributed by atoms with van der Waals surface area (Å²) in [6, 6.07) is 14.0. The average molecular weight is 427 g/mol. The van der Waals surface area contributed by atoms with Gasteiger partial charge in [0.2, 0.25) is 10.0 Å². The molecule has 1 aliphatic rings. The van der Waals surface area contributed by atoms with Gasteiger partial charge in [-0.15, -0.1) is 0 Å². The number of hydrogen-bond acceptors (Lipinski definition) is 4.